The van der Waals surface area contributed by atoms with Crippen LogP contribution in [0.25, 0.3) is 0 Å². The molecule has 2 heteroatoms. The van der Waals surface area contributed by atoms with Crippen molar-refractivity contribution in [2.75, 3.05) is 29.9 Å². The lowest BCUT2D eigenvalue weighted by Gasteiger charge is -2.25. The molecule has 0 atom stereocenters. The SMILES string of the molecule is CCCCCCN(CCCCCC)c1ccc2c(c1)CCN2. The molecule has 1 aliphatic rings. The molecule has 0 saturated heterocycles. The van der Waals surface area contributed by atoms with E-state index in [0.717, 1.165) is 6.54 Å². The summed E-state index contributed by atoms with van der Waals surface area (Å²) in [6.07, 6.45) is 12.0. The number of benzene rings is 1. The molecular weight excluding hydrogens is 268 g/mol. The van der Waals surface area contributed by atoms with Gasteiger partial charge in [0, 0.05) is 31.0 Å². The Balaban J connectivity index is 1.92. The van der Waals surface area contributed by atoms with Gasteiger partial charge in [-0.3, -0.25) is 0 Å². The summed E-state index contributed by atoms with van der Waals surface area (Å²) in [7, 11) is 0. The molecule has 0 unspecified atom stereocenters. The van der Waals surface area contributed by atoms with Crippen LogP contribution in [0.5, 0.6) is 0 Å². The molecule has 0 aliphatic carbocycles. The molecule has 1 aromatic carbocycles. The molecule has 0 saturated carbocycles. The van der Waals surface area contributed by atoms with Crippen LogP contribution >= 0.6 is 0 Å². The molecule has 1 aromatic rings. The second kappa shape index (κ2) is 9.76. The molecule has 0 radical (unpaired) electrons. The Kier molecular flexibility index (Phi) is 7.62. The molecule has 2 rings (SSSR count). The standard InChI is InChI=1S/C20H34N2/c1-3-5-7-9-15-22(16-10-8-6-4-2)19-11-12-20-18(17-19)13-14-21-20/h11-12,17,21H,3-10,13-16H2,1-2H3. The second-order valence-corrected chi connectivity index (χ2v) is 6.63. The van der Waals surface area contributed by atoms with Crippen molar-refractivity contribution in [3.8, 4) is 0 Å². The van der Waals surface area contributed by atoms with Crippen molar-refractivity contribution in [1.82, 2.24) is 0 Å². The van der Waals surface area contributed by atoms with Crippen LogP contribution in [-0.4, -0.2) is 19.6 Å². The average molecular weight is 303 g/mol. The van der Waals surface area contributed by atoms with Crippen molar-refractivity contribution in [1.29, 1.82) is 0 Å². The van der Waals surface area contributed by atoms with Gasteiger partial charge in [0.2, 0.25) is 0 Å². The minimum Gasteiger partial charge on any atom is -0.384 e. The number of fused-ring (bicyclic) bond motifs is 1. The van der Waals surface area contributed by atoms with Crippen molar-refractivity contribution in [3.63, 3.8) is 0 Å². The lowest BCUT2D eigenvalue weighted by Crippen LogP contribution is -2.25. The number of rotatable bonds is 11. The largest absolute Gasteiger partial charge is 0.384 e. The minimum atomic E-state index is 1.10. The third-order valence-electron chi connectivity index (χ3n) is 4.73. The second-order valence-electron chi connectivity index (χ2n) is 6.63. The number of nitrogens with one attached hydrogen (secondary N) is 1. The number of unbranched alkanes of at least 4 members (excludes halogenated alkanes) is 6. The summed E-state index contributed by atoms with van der Waals surface area (Å²) in [5.41, 5.74) is 4.29. The Hall–Kier alpha value is -1.18. The van der Waals surface area contributed by atoms with Crippen molar-refractivity contribution in [3.05, 3.63) is 23.8 Å². The summed E-state index contributed by atoms with van der Waals surface area (Å²) in [6, 6.07) is 7.02. The Bertz CT molecular complexity index is 416. The summed E-state index contributed by atoms with van der Waals surface area (Å²) < 4.78 is 0. The van der Waals surface area contributed by atoms with Crippen LogP contribution in [-0.2, 0) is 6.42 Å². The first-order chi connectivity index (χ1) is 10.8. The number of hydrogen-bond donors (Lipinski definition) is 1. The first-order valence-electron chi connectivity index (χ1n) is 9.47. The van der Waals surface area contributed by atoms with Crippen LogP contribution in [0.2, 0.25) is 0 Å². The van der Waals surface area contributed by atoms with E-state index in [0.29, 0.717) is 0 Å². The van der Waals surface area contributed by atoms with Gasteiger partial charge in [-0.1, -0.05) is 52.4 Å². The highest BCUT2D eigenvalue weighted by molar-refractivity contribution is 5.63. The average Bonchev–Trinajstić information content (AvgIpc) is 3.01. The summed E-state index contributed by atoms with van der Waals surface area (Å²) in [6.45, 7) is 8.12. The van der Waals surface area contributed by atoms with Gasteiger partial charge in [-0.25, -0.2) is 0 Å². The van der Waals surface area contributed by atoms with E-state index >= 15 is 0 Å². The smallest absolute Gasteiger partial charge is 0.0375 e. The fourth-order valence-corrected chi connectivity index (χ4v) is 3.32. The molecule has 0 fully saturated rings. The van der Waals surface area contributed by atoms with E-state index in [1.165, 1.54) is 87.8 Å². The predicted octanol–water partition coefficient (Wildman–Crippen LogP) is 5.62. The molecule has 2 nitrogen and oxygen atoms in total. The molecule has 22 heavy (non-hydrogen) atoms. The summed E-state index contributed by atoms with van der Waals surface area (Å²) in [4.78, 5) is 2.63. The fraction of sp³-hybridized carbons (Fsp3) is 0.700. The maximum Gasteiger partial charge on any atom is 0.0375 e. The molecule has 0 bridgehead atoms. The molecule has 124 valence electrons. The van der Waals surface area contributed by atoms with E-state index in [1.807, 2.05) is 0 Å². The van der Waals surface area contributed by atoms with E-state index in [9.17, 15) is 0 Å². The summed E-state index contributed by atoms with van der Waals surface area (Å²) in [5, 5.41) is 3.47. The Morgan fingerprint density at radius 2 is 1.59 bits per heavy atom. The lowest BCUT2D eigenvalue weighted by atomic mass is 10.1. The lowest BCUT2D eigenvalue weighted by molar-refractivity contribution is 0.609. The van der Waals surface area contributed by atoms with Crippen LogP contribution in [0.1, 0.15) is 70.8 Å². The number of nitrogens with zero attached hydrogens (tertiary/aromatic N) is 1. The quantitative estimate of drug-likeness (QED) is 0.534. The Labute approximate surface area is 137 Å². The molecule has 1 N–H and O–H groups in total. The zero-order valence-electron chi connectivity index (χ0n) is 14.7. The molecule has 0 aromatic heterocycles. The zero-order valence-corrected chi connectivity index (χ0v) is 14.7. The van der Waals surface area contributed by atoms with Crippen LogP contribution in [0.3, 0.4) is 0 Å². The van der Waals surface area contributed by atoms with Gasteiger partial charge in [0.1, 0.15) is 0 Å². The first kappa shape index (κ1) is 17.2. The van der Waals surface area contributed by atoms with Gasteiger partial charge in [-0.2, -0.15) is 0 Å². The zero-order chi connectivity index (χ0) is 15.6. The molecule has 0 spiro atoms. The molecule has 0 amide bonds. The van der Waals surface area contributed by atoms with E-state index in [4.69, 9.17) is 0 Å². The molecule has 1 aliphatic heterocycles. The molecule has 1 heterocycles. The monoisotopic (exact) mass is 302 g/mol. The topological polar surface area (TPSA) is 15.3 Å². The predicted molar refractivity (Wildman–Crippen MR) is 99.1 cm³/mol. The normalized spacial score (nSPS) is 13.0. The number of anilines is 2. The third kappa shape index (κ3) is 5.23. The summed E-state index contributed by atoms with van der Waals surface area (Å²) in [5.74, 6) is 0. The first-order valence-corrected chi connectivity index (χ1v) is 9.47. The highest BCUT2D eigenvalue weighted by atomic mass is 15.1. The van der Waals surface area contributed by atoms with Crippen LogP contribution in [0.4, 0.5) is 11.4 Å². The van der Waals surface area contributed by atoms with E-state index < -0.39 is 0 Å². The van der Waals surface area contributed by atoms with Gasteiger partial charge < -0.3 is 10.2 Å². The van der Waals surface area contributed by atoms with Crippen LogP contribution in [0, 0.1) is 0 Å². The molecular formula is C20H34N2. The van der Waals surface area contributed by atoms with E-state index in [-0.39, 0.29) is 0 Å². The maximum absolute atomic E-state index is 3.47. The van der Waals surface area contributed by atoms with Gasteiger partial charge in [-0.15, -0.1) is 0 Å². The highest BCUT2D eigenvalue weighted by Gasteiger charge is 2.13. The van der Waals surface area contributed by atoms with Gasteiger partial charge >= 0.3 is 0 Å². The van der Waals surface area contributed by atoms with Crippen molar-refractivity contribution >= 4 is 11.4 Å². The maximum atomic E-state index is 3.47. The van der Waals surface area contributed by atoms with Crippen molar-refractivity contribution < 1.29 is 0 Å². The van der Waals surface area contributed by atoms with Crippen molar-refractivity contribution in [2.24, 2.45) is 0 Å². The van der Waals surface area contributed by atoms with Gasteiger partial charge in [0.15, 0.2) is 0 Å². The fourth-order valence-electron chi connectivity index (χ4n) is 3.32. The van der Waals surface area contributed by atoms with E-state index in [2.05, 4.69) is 42.3 Å². The Morgan fingerprint density at radius 1 is 0.909 bits per heavy atom. The van der Waals surface area contributed by atoms with Crippen molar-refractivity contribution in [2.45, 2.75) is 71.6 Å². The van der Waals surface area contributed by atoms with E-state index in [1.54, 1.807) is 0 Å². The van der Waals surface area contributed by atoms with Gasteiger partial charge in [0.25, 0.3) is 0 Å². The minimum absolute atomic E-state index is 1.10. The Morgan fingerprint density at radius 3 is 2.23 bits per heavy atom. The van der Waals surface area contributed by atoms with Gasteiger partial charge in [0.05, 0.1) is 0 Å². The number of hydrogen-bond acceptors (Lipinski definition) is 2. The van der Waals surface area contributed by atoms with Crippen LogP contribution < -0.4 is 10.2 Å². The summed E-state index contributed by atoms with van der Waals surface area (Å²) >= 11 is 0. The highest BCUT2D eigenvalue weighted by Crippen LogP contribution is 2.28. The van der Waals surface area contributed by atoms with Crippen LogP contribution in [0.15, 0.2) is 18.2 Å². The third-order valence-corrected chi connectivity index (χ3v) is 4.73. The van der Waals surface area contributed by atoms with Gasteiger partial charge in [-0.05, 0) is 43.0 Å².